The lowest BCUT2D eigenvalue weighted by atomic mass is 10.2. The Morgan fingerprint density at radius 1 is 1.16 bits per heavy atom. The van der Waals surface area contributed by atoms with Gasteiger partial charge in [0, 0.05) is 5.75 Å². The van der Waals surface area contributed by atoms with Gasteiger partial charge in [-0.15, -0.1) is 10.2 Å². The summed E-state index contributed by atoms with van der Waals surface area (Å²) in [6.07, 6.45) is 0. The second-order valence-corrected chi connectivity index (χ2v) is 5.96. The topological polar surface area (TPSA) is 81.2 Å². The highest BCUT2D eigenvalue weighted by molar-refractivity contribution is 7.99. The van der Waals surface area contributed by atoms with Crippen LogP contribution in [0.25, 0.3) is 11.5 Å². The van der Waals surface area contributed by atoms with E-state index in [2.05, 4.69) is 16.3 Å². The molecule has 0 saturated heterocycles. The minimum Gasteiger partial charge on any atom is -0.496 e. The third-order valence-corrected chi connectivity index (χ3v) is 4.07. The minimum atomic E-state index is 0.419. The molecule has 0 aliphatic carbocycles. The molecule has 1 aromatic heterocycles. The minimum absolute atomic E-state index is 0.419. The Morgan fingerprint density at radius 3 is 2.88 bits per heavy atom. The number of thioether (sulfide) groups is 1. The lowest BCUT2D eigenvalue weighted by Gasteiger charge is -2.05. The number of rotatable bonds is 7. The molecule has 0 radical (unpaired) electrons. The predicted octanol–water partition coefficient (Wildman–Crippen LogP) is 3.79. The normalized spacial score (nSPS) is 10.2. The monoisotopic (exact) mass is 353 g/mol. The van der Waals surface area contributed by atoms with Crippen LogP contribution in [0.1, 0.15) is 5.56 Å². The van der Waals surface area contributed by atoms with Crippen molar-refractivity contribution in [2.75, 3.05) is 19.5 Å². The Bertz CT molecular complexity index is 889. The van der Waals surface area contributed by atoms with E-state index in [-0.39, 0.29) is 0 Å². The summed E-state index contributed by atoms with van der Waals surface area (Å²) in [4.78, 5) is 0. The van der Waals surface area contributed by atoms with Crippen molar-refractivity contribution in [3.8, 4) is 29.0 Å². The van der Waals surface area contributed by atoms with Crippen molar-refractivity contribution in [1.29, 1.82) is 5.26 Å². The first kappa shape index (κ1) is 16.9. The van der Waals surface area contributed by atoms with Crippen LogP contribution in [0, 0.1) is 11.3 Å². The van der Waals surface area contributed by atoms with Gasteiger partial charge in [-0.2, -0.15) is 5.26 Å². The van der Waals surface area contributed by atoms with Gasteiger partial charge in [-0.05, 0) is 30.3 Å². The van der Waals surface area contributed by atoms with Crippen LogP contribution in [0.4, 0.5) is 0 Å². The van der Waals surface area contributed by atoms with E-state index >= 15 is 0 Å². The van der Waals surface area contributed by atoms with Gasteiger partial charge in [0.2, 0.25) is 0 Å². The standard InChI is InChI=1S/C18H15N3O3S/c1-22-16-8-3-2-7-15(16)17-20-21-18(24-17)25-10-9-23-14-6-4-5-13(11-14)12-19/h2-8,11H,9-10H2,1H3. The van der Waals surface area contributed by atoms with Gasteiger partial charge >= 0.3 is 0 Å². The van der Waals surface area contributed by atoms with Crippen LogP contribution in [-0.4, -0.2) is 29.7 Å². The van der Waals surface area contributed by atoms with E-state index < -0.39 is 0 Å². The average Bonchev–Trinajstić information content (AvgIpc) is 3.14. The molecule has 0 spiro atoms. The maximum atomic E-state index is 8.87. The third-order valence-electron chi connectivity index (χ3n) is 3.28. The first-order chi connectivity index (χ1) is 12.3. The molecular weight excluding hydrogens is 338 g/mol. The van der Waals surface area contributed by atoms with Crippen molar-refractivity contribution >= 4 is 11.8 Å². The number of aromatic nitrogens is 2. The van der Waals surface area contributed by atoms with Gasteiger partial charge in [-0.1, -0.05) is 30.0 Å². The largest absolute Gasteiger partial charge is 0.496 e. The van der Waals surface area contributed by atoms with Crippen LogP contribution < -0.4 is 9.47 Å². The van der Waals surface area contributed by atoms with Crippen LogP contribution in [0.15, 0.2) is 58.2 Å². The van der Waals surface area contributed by atoms with Crippen molar-refractivity contribution < 1.29 is 13.9 Å². The lowest BCUT2D eigenvalue weighted by molar-refractivity contribution is 0.343. The number of hydrogen-bond acceptors (Lipinski definition) is 7. The van der Waals surface area contributed by atoms with Gasteiger partial charge in [0.25, 0.3) is 11.1 Å². The molecule has 3 rings (SSSR count). The van der Waals surface area contributed by atoms with E-state index in [1.165, 1.54) is 11.8 Å². The van der Waals surface area contributed by atoms with Crippen LogP contribution in [0.3, 0.4) is 0 Å². The molecule has 0 fully saturated rings. The summed E-state index contributed by atoms with van der Waals surface area (Å²) in [7, 11) is 1.60. The number of nitrogens with zero attached hydrogens (tertiary/aromatic N) is 3. The smallest absolute Gasteiger partial charge is 0.276 e. The molecule has 126 valence electrons. The van der Waals surface area contributed by atoms with Crippen molar-refractivity contribution in [2.24, 2.45) is 0 Å². The zero-order valence-corrected chi connectivity index (χ0v) is 14.3. The van der Waals surface area contributed by atoms with E-state index in [1.54, 1.807) is 25.3 Å². The predicted molar refractivity (Wildman–Crippen MR) is 93.7 cm³/mol. The maximum Gasteiger partial charge on any atom is 0.276 e. The van der Waals surface area contributed by atoms with Crippen molar-refractivity contribution in [3.63, 3.8) is 0 Å². The first-order valence-corrected chi connectivity index (χ1v) is 8.51. The van der Waals surface area contributed by atoms with Gasteiger partial charge in [-0.3, -0.25) is 0 Å². The van der Waals surface area contributed by atoms with E-state index in [4.69, 9.17) is 19.2 Å². The van der Waals surface area contributed by atoms with Crippen LogP contribution in [0.5, 0.6) is 11.5 Å². The Labute approximate surface area is 149 Å². The Kier molecular flexibility index (Phi) is 5.54. The second kappa shape index (κ2) is 8.22. The van der Waals surface area contributed by atoms with Crippen LogP contribution in [-0.2, 0) is 0 Å². The summed E-state index contributed by atoms with van der Waals surface area (Å²) >= 11 is 1.41. The molecule has 0 N–H and O–H groups in total. The van der Waals surface area contributed by atoms with Crippen LogP contribution in [0.2, 0.25) is 0 Å². The summed E-state index contributed by atoms with van der Waals surface area (Å²) < 4.78 is 16.6. The summed E-state index contributed by atoms with van der Waals surface area (Å²) in [6.45, 7) is 0.464. The second-order valence-electron chi connectivity index (χ2n) is 4.91. The molecule has 25 heavy (non-hydrogen) atoms. The molecule has 7 heteroatoms. The van der Waals surface area contributed by atoms with Crippen LogP contribution >= 0.6 is 11.8 Å². The number of ether oxygens (including phenoxy) is 2. The zero-order chi connectivity index (χ0) is 17.5. The molecule has 0 unspecified atom stereocenters. The number of para-hydroxylation sites is 1. The fourth-order valence-electron chi connectivity index (χ4n) is 2.14. The summed E-state index contributed by atoms with van der Waals surface area (Å²) in [5.41, 5.74) is 1.33. The Balaban J connectivity index is 1.54. The fourth-order valence-corrected chi connectivity index (χ4v) is 2.72. The molecule has 2 aromatic carbocycles. The highest BCUT2D eigenvalue weighted by Gasteiger charge is 2.13. The van der Waals surface area contributed by atoms with E-state index in [1.807, 2.05) is 30.3 Å². The Morgan fingerprint density at radius 2 is 2.04 bits per heavy atom. The third kappa shape index (κ3) is 4.31. The maximum absolute atomic E-state index is 8.87. The molecule has 0 atom stereocenters. The van der Waals surface area contributed by atoms with E-state index in [0.717, 1.165) is 5.56 Å². The number of hydrogen-bond donors (Lipinski definition) is 0. The molecule has 0 saturated carbocycles. The highest BCUT2D eigenvalue weighted by atomic mass is 32.2. The van der Waals surface area contributed by atoms with Gasteiger partial charge in [0.15, 0.2) is 0 Å². The van der Waals surface area contributed by atoms with Gasteiger partial charge in [-0.25, -0.2) is 0 Å². The lowest BCUT2D eigenvalue weighted by Crippen LogP contribution is -2.00. The molecule has 6 nitrogen and oxygen atoms in total. The Hall–Kier alpha value is -2.98. The molecular formula is C18H15N3O3S. The quantitative estimate of drug-likeness (QED) is 0.472. The molecule has 0 aliphatic rings. The molecule has 0 amide bonds. The van der Waals surface area contributed by atoms with E-state index in [0.29, 0.717) is 40.5 Å². The van der Waals surface area contributed by atoms with Crippen molar-refractivity contribution in [1.82, 2.24) is 10.2 Å². The summed E-state index contributed by atoms with van der Waals surface area (Å²) in [6, 6.07) is 16.6. The van der Waals surface area contributed by atoms with E-state index in [9.17, 15) is 0 Å². The zero-order valence-electron chi connectivity index (χ0n) is 13.5. The van der Waals surface area contributed by atoms with Gasteiger partial charge < -0.3 is 13.9 Å². The molecule has 1 heterocycles. The van der Waals surface area contributed by atoms with Gasteiger partial charge in [0.1, 0.15) is 11.5 Å². The van der Waals surface area contributed by atoms with Gasteiger partial charge in [0.05, 0.1) is 30.9 Å². The average molecular weight is 353 g/mol. The number of nitriles is 1. The summed E-state index contributed by atoms with van der Waals surface area (Å²) in [5, 5.41) is 17.4. The molecule has 0 bridgehead atoms. The number of benzene rings is 2. The molecule has 0 aliphatic heterocycles. The van der Waals surface area contributed by atoms with Crippen molar-refractivity contribution in [3.05, 3.63) is 54.1 Å². The summed E-state index contributed by atoms with van der Waals surface area (Å²) in [5.74, 6) is 2.41. The van der Waals surface area contributed by atoms with Crippen molar-refractivity contribution in [2.45, 2.75) is 5.22 Å². The number of methoxy groups -OCH3 is 1. The SMILES string of the molecule is COc1ccccc1-c1nnc(SCCOc2cccc(C#N)c2)o1. The molecule has 3 aromatic rings. The highest BCUT2D eigenvalue weighted by Crippen LogP contribution is 2.30. The fraction of sp³-hybridized carbons (Fsp3) is 0.167. The first-order valence-electron chi connectivity index (χ1n) is 7.53.